The van der Waals surface area contributed by atoms with Gasteiger partial charge < -0.3 is 19.0 Å². The van der Waals surface area contributed by atoms with Gasteiger partial charge in [-0.2, -0.15) is 0 Å². The Morgan fingerprint density at radius 3 is 2.88 bits per heavy atom. The number of furan rings is 1. The molecule has 2 heterocycles. The molecule has 0 fully saturated rings. The molecule has 0 amide bonds. The Labute approximate surface area is 90.2 Å². The molecule has 1 aliphatic rings. The Hall–Kier alpha value is -2.17. The van der Waals surface area contributed by atoms with E-state index < -0.39 is 5.97 Å². The smallest absolute Gasteiger partial charge is 0.371 e. The molecule has 0 saturated heterocycles. The number of hydrogen-bond donors (Lipinski definition) is 1. The molecule has 5 nitrogen and oxygen atoms in total. The van der Waals surface area contributed by atoms with E-state index in [4.69, 9.17) is 19.0 Å². The fourth-order valence-corrected chi connectivity index (χ4v) is 1.73. The van der Waals surface area contributed by atoms with Crippen molar-refractivity contribution in [3.63, 3.8) is 0 Å². The monoisotopic (exact) mass is 220 g/mol. The van der Waals surface area contributed by atoms with Gasteiger partial charge in [-0.25, -0.2) is 4.79 Å². The van der Waals surface area contributed by atoms with E-state index in [2.05, 4.69) is 0 Å². The van der Waals surface area contributed by atoms with Crippen LogP contribution in [0.15, 0.2) is 22.6 Å². The van der Waals surface area contributed by atoms with Gasteiger partial charge in [-0.3, -0.25) is 0 Å². The van der Waals surface area contributed by atoms with Gasteiger partial charge in [-0.15, -0.1) is 0 Å². The standard InChI is InChI=1S/C11H8O5/c12-11(13)9-5-6-7(16-9)1-2-8-10(6)15-4-3-14-8/h1-2,5H,3-4H2,(H,12,13). The van der Waals surface area contributed by atoms with E-state index in [9.17, 15) is 4.79 Å². The second-order valence-electron chi connectivity index (χ2n) is 3.42. The van der Waals surface area contributed by atoms with Crippen molar-refractivity contribution in [2.24, 2.45) is 0 Å². The van der Waals surface area contributed by atoms with Gasteiger partial charge in [0.15, 0.2) is 11.5 Å². The fourth-order valence-electron chi connectivity index (χ4n) is 1.73. The molecular weight excluding hydrogens is 212 g/mol. The van der Waals surface area contributed by atoms with Crippen molar-refractivity contribution in [3.05, 3.63) is 24.0 Å². The van der Waals surface area contributed by atoms with Crippen LogP contribution in [0.3, 0.4) is 0 Å². The zero-order chi connectivity index (χ0) is 11.1. The van der Waals surface area contributed by atoms with Crippen LogP contribution in [0.1, 0.15) is 10.6 Å². The minimum Gasteiger partial charge on any atom is -0.486 e. The van der Waals surface area contributed by atoms with Crippen molar-refractivity contribution in [1.82, 2.24) is 0 Å². The van der Waals surface area contributed by atoms with E-state index in [0.717, 1.165) is 0 Å². The lowest BCUT2D eigenvalue weighted by Crippen LogP contribution is -2.15. The Morgan fingerprint density at radius 1 is 1.25 bits per heavy atom. The van der Waals surface area contributed by atoms with Gasteiger partial charge in [0.1, 0.15) is 18.8 Å². The SMILES string of the molecule is O=C(O)c1cc2c3c(ccc2o1)OCCO3. The summed E-state index contributed by atoms with van der Waals surface area (Å²) in [6, 6.07) is 4.84. The highest BCUT2D eigenvalue weighted by Crippen LogP contribution is 2.38. The van der Waals surface area contributed by atoms with Crippen molar-refractivity contribution in [2.45, 2.75) is 0 Å². The lowest BCUT2D eigenvalue weighted by atomic mass is 10.2. The first kappa shape index (κ1) is 9.08. The summed E-state index contributed by atoms with van der Waals surface area (Å²) in [5.74, 6) is -0.0178. The number of carbonyl (C=O) groups is 1. The zero-order valence-corrected chi connectivity index (χ0v) is 8.23. The molecule has 0 bridgehead atoms. The van der Waals surface area contributed by atoms with Gasteiger partial charge in [-0.1, -0.05) is 0 Å². The van der Waals surface area contributed by atoms with E-state index in [1.54, 1.807) is 12.1 Å². The van der Waals surface area contributed by atoms with Gasteiger partial charge in [0.25, 0.3) is 0 Å². The number of fused-ring (bicyclic) bond motifs is 3. The van der Waals surface area contributed by atoms with Gasteiger partial charge >= 0.3 is 5.97 Å². The number of aromatic carboxylic acids is 1. The minimum absolute atomic E-state index is 0.0995. The first-order valence-electron chi connectivity index (χ1n) is 4.81. The van der Waals surface area contributed by atoms with Crippen LogP contribution in [0.25, 0.3) is 11.0 Å². The van der Waals surface area contributed by atoms with Gasteiger partial charge in [-0.05, 0) is 12.1 Å². The van der Waals surface area contributed by atoms with Crippen LogP contribution < -0.4 is 9.47 Å². The van der Waals surface area contributed by atoms with Crippen LogP contribution in [0.2, 0.25) is 0 Å². The van der Waals surface area contributed by atoms with Gasteiger partial charge in [0.05, 0.1) is 5.39 Å². The number of carboxylic acids is 1. The third kappa shape index (κ3) is 1.21. The molecular formula is C11H8O5. The summed E-state index contributed by atoms with van der Waals surface area (Å²) in [4.78, 5) is 10.8. The summed E-state index contributed by atoms with van der Waals surface area (Å²) in [6.07, 6.45) is 0. The molecule has 0 radical (unpaired) electrons. The van der Waals surface area contributed by atoms with Crippen molar-refractivity contribution in [2.75, 3.05) is 13.2 Å². The maximum Gasteiger partial charge on any atom is 0.371 e. The highest BCUT2D eigenvalue weighted by atomic mass is 16.6. The first-order chi connectivity index (χ1) is 7.75. The van der Waals surface area contributed by atoms with E-state index in [1.165, 1.54) is 6.07 Å². The molecule has 3 rings (SSSR count). The van der Waals surface area contributed by atoms with Crippen molar-refractivity contribution in [1.29, 1.82) is 0 Å². The molecule has 1 aromatic carbocycles. The average molecular weight is 220 g/mol. The molecule has 0 aliphatic carbocycles. The van der Waals surface area contributed by atoms with Gasteiger partial charge in [0, 0.05) is 6.07 Å². The second kappa shape index (κ2) is 3.16. The van der Waals surface area contributed by atoms with Crippen molar-refractivity contribution in [3.8, 4) is 11.5 Å². The summed E-state index contributed by atoms with van der Waals surface area (Å²) in [6.45, 7) is 0.960. The fraction of sp³-hybridized carbons (Fsp3) is 0.182. The number of rotatable bonds is 1. The molecule has 5 heteroatoms. The van der Waals surface area contributed by atoms with E-state index >= 15 is 0 Å². The predicted octanol–water partition coefficient (Wildman–Crippen LogP) is 1.90. The molecule has 0 spiro atoms. The second-order valence-corrected chi connectivity index (χ2v) is 3.42. The molecule has 0 saturated carbocycles. The number of benzene rings is 1. The van der Waals surface area contributed by atoms with Crippen LogP contribution in [0.5, 0.6) is 11.5 Å². The molecule has 1 N–H and O–H groups in total. The summed E-state index contributed by atoms with van der Waals surface area (Å²) >= 11 is 0. The maximum atomic E-state index is 10.8. The van der Waals surface area contributed by atoms with E-state index in [-0.39, 0.29) is 5.76 Å². The topological polar surface area (TPSA) is 68.9 Å². The maximum absolute atomic E-state index is 10.8. The Bertz CT molecular complexity index is 569. The molecule has 82 valence electrons. The summed E-state index contributed by atoms with van der Waals surface area (Å²) in [5.41, 5.74) is 0.488. The Balaban J connectivity index is 2.26. The van der Waals surface area contributed by atoms with Crippen molar-refractivity contribution < 1.29 is 23.8 Å². The summed E-state index contributed by atoms with van der Waals surface area (Å²) in [5, 5.41) is 9.46. The van der Waals surface area contributed by atoms with Crippen LogP contribution in [0.4, 0.5) is 0 Å². The number of ether oxygens (including phenoxy) is 2. The number of carboxylic acid groups (broad SMARTS) is 1. The van der Waals surface area contributed by atoms with Crippen molar-refractivity contribution >= 4 is 16.9 Å². The Morgan fingerprint density at radius 2 is 2.06 bits per heavy atom. The quantitative estimate of drug-likeness (QED) is 0.794. The summed E-state index contributed by atoms with van der Waals surface area (Å²) in [7, 11) is 0. The minimum atomic E-state index is -1.10. The lowest BCUT2D eigenvalue weighted by Gasteiger charge is -2.18. The largest absolute Gasteiger partial charge is 0.486 e. The van der Waals surface area contributed by atoms with E-state index in [1.807, 2.05) is 0 Å². The molecule has 16 heavy (non-hydrogen) atoms. The van der Waals surface area contributed by atoms with Crippen LogP contribution >= 0.6 is 0 Å². The zero-order valence-electron chi connectivity index (χ0n) is 8.23. The van der Waals surface area contributed by atoms with E-state index in [0.29, 0.717) is 35.7 Å². The predicted molar refractivity (Wildman–Crippen MR) is 54.2 cm³/mol. The molecule has 1 aliphatic heterocycles. The molecule has 0 atom stereocenters. The average Bonchev–Trinajstić information content (AvgIpc) is 2.73. The highest BCUT2D eigenvalue weighted by molar-refractivity contribution is 5.95. The third-order valence-corrected chi connectivity index (χ3v) is 2.41. The first-order valence-corrected chi connectivity index (χ1v) is 4.81. The third-order valence-electron chi connectivity index (χ3n) is 2.41. The molecule has 0 unspecified atom stereocenters. The lowest BCUT2D eigenvalue weighted by molar-refractivity contribution is 0.0665. The summed E-state index contributed by atoms with van der Waals surface area (Å²) < 4.78 is 16.0. The van der Waals surface area contributed by atoms with Crippen LogP contribution in [-0.2, 0) is 0 Å². The Kier molecular flexibility index (Phi) is 1.80. The van der Waals surface area contributed by atoms with Gasteiger partial charge in [0.2, 0.25) is 5.76 Å². The normalized spacial score (nSPS) is 14.0. The van der Waals surface area contributed by atoms with Crippen LogP contribution in [0, 0.1) is 0 Å². The molecule has 2 aromatic rings. The molecule has 1 aromatic heterocycles. The van der Waals surface area contributed by atoms with Crippen LogP contribution in [-0.4, -0.2) is 24.3 Å². The number of hydrogen-bond acceptors (Lipinski definition) is 4. The highest BCUT2D eigenvalue weighted by Gasteiger charge is 2.19.